The zero-order valence-electron chi connectivity index (χ0n) is 21.0. The number of aromatic nitrogens is 2. The van der Waals surface area contributed by atoms with Gasteiger partial charge < -0.3 is 0 Å². The van der Waals surface area contributed by atoms with Gasteiger partial charge in [0, 0.05) is 11.1 Å². The van der Waals surface area contributed by atoms with Crippen molar-refractivity contribution in [3.63, 3.8) is 0 Å². The van der Waals surface area contributed by atoms with Gasteiger partial charge >= 0.3 is 0 Å². The summed E-state index contributed by atoms with van der Waals surface area (Å²) >= 11 is 1.48. The fraction of sp³-hybridized carbons (Fsp3) is 0. The molecule has 0 amide bonds. The Hall–Kier alpha value is -4.86. The maximum atomic E-state index is 5.16. The summed E-state index contributed by atoms with van der Waals surface area (Å²) in [4.78, 5) is 5.16. The summed E-state index contributed by atoms with van der Waals surface area (Å²) in [6.07, 6.45) is 0. The molecule has 0 saturated heterocycles. The van der Waals surface area contributed by atoms with Crippen molar-refractivity contribution in [3.8, 4) is 33.1 Å². The molecule has 1 heterocycles. The van der Waals surface area contributed by atoms with Gasteiger partial charge in [0.1, 0.15) is 5.01 Å². The summed E-state index contributed by atoms with van der Waals surface area (Å²) in [5, 5.41) is 10.7. The second-order valence-corrected chi connectivity index (χ2v) is 10.6. The lowest BCUT2D eigenvalue weighted by molar-refractivity contribution is 1.34. The van der Waals surface area contributed by atoms with Crippen molar-refractivity contribution in [1.82, 2.24) is 9.36 Å². The SMILES string of the molecule is c1ccc2c(-c3nsc(-c4c5ccccc5c(-c5cccc6ccccc56)c5ccccc45)n3)cccc2c1. The van der Waals surface area contributed by atoms with Crippen LogP contribution in [0.4, 0.5) is 0 Å². The van der Waals surface area contributed by atoms with Gasteiger partial charge in [-0.05, 0) is 65.7 Å². The molecule has 0 saturated carbocycles. The molecule has 8 rings (SSSR count). The van der Waals surface area contributed by atoms with Crippen molar-refractivity contribution in [2.24, 2.45) is 0 Å². The summed E-state index contributed by atoms with van der Waals surface area (Å²) in [7, 11) is 0. The van der Waals surface area contributed by atoms with Crippen molar-refractivity contribution in [2.75, 3.05) is 0 Å². The highest BCUT2D eigenvalue weighted by Gasteiger charge is 2.20. The first kappa shape index (κ1) is 22.2. The molecule has 0 bridgehead atoms. The zero-order valence-corrected chi connectivity index (χ0v) is 21.8. The standard InChI is InChI=1S/C36H22N2S/c1-3-15-25-23(11-1)13-9-21-27(25)33-28-17-5-7-19-30(28)34(31-20-8-6-18-29(31)33)36-37-35(38-39-36)32-22-10-14-24-12-2-4-16-26(24)32/h1-22H. The number of rotatable bonds is 3. The minimum absolute atomic E-state index is 0.776. The van der Waals surface area contributed by atoms with Gasteiger partial charge in [0.15, 0.2) is 5.82 Å². The minimum Gasteiger partial charge on any atom is -0.214 e. The van der Waals surface area contributed by atoms with Gasteiger partial charge in [-0.3, -0.25) is 0 Å². The summed E-state index contributed by atoms with van der Waals surface area (Å²) in [5.41, 5.74) is 4.73. The number of fused-ring (bicyclic) bond motifs is 4. The second-order valence-electron chi connectivity index (χ2n) is 9.82. The van der Waals surface area contributed by atoms with Crippen LogP contribution >= 0.6 is 11.5 Å². The zero-order chi connectivity index (χ0) is 25.8. The predicted octanol–water partition coefficient (Wildman–Crippen LogP) is 10.2. The third-order valence-corrected chi connectivity index (χ3v) is 8.39. The molecule has 39 heavy (non-hydrogen) atoms. The average molecular weight is 515 g/mol. The normalized spacial score (nSPS) is 11.6. The van der Waals surface area contributed by atoms with Crippen LogP contribution in [0.2, 0.25) is 0 Å². The highest BCUT2D eigenvalue weighted by atomic mass is 32.1. The molecule has 2 nitrogen and oxygen atoms in total. The molecule has 7 aromatic carbocycles. The maximum absolute atomic E-state index is 5.16. The summed E-state index contributed by atoms with van der Waals surface area (Å²) in [6, 6.07) is 47.5. The molecule has 0 N–H and O–H groups in total. The van der Waals surface area contributed by atoms with Crippen LogP contribution < -0.4 is 0 Å². The summed E-state index contributed by atoms with van der Waals surface area (Å²) < 4.78 is 4.88. The van der Waals surface area contributed by atoms with Crippen molar-refractivity contribution < 1.29 is 0 Å². The van der Waals surface area contributed by atoms with Crippen molar-refractivity contribution in [2.45, 2.75) is 0 Å². The number of hydrogen-bond acceptors (Lipinski definition) is 3. The molecule has 8 aromatic rings. The van der Waals surface area contributed by atoms with E-state index in [2.05, 4.69) is 133 Å². The predicted molar refractivity (Wildman–Crippen MR) is 166 cm³/mol. The van der Waals surface area contributed by atoms with Gasteiger partial charge in [-0.2, -0.15) is 4.37 Å². The Morgan fingerprint density at radius 1 is 0.385 bits per heavy atom. The van der Waals surface area contributed by atoms with Gasteiger partial charge in [-0.25, -0.2) is 4.98 Å². The van der Waals surface area contributed by atoms with Crippen molar-refractivity contribution in [3.05, 3.63) is 133 Å². The van der Waals surface area contributed by atoms with E-state index in [-0.39, 0.29) is 0 Å². The lowest BCUT2D eigenvalue weighted by Crippen LogP contribution is -1.91. The lowest BCUT2D eigenvalue weighted by atomic mass is 9.87. The topological polar surface area (TPSA) is 25.8 Å². The molecule has 0 aliphatic rings. The van der Waals surface area contributed by atoms with Crippen LogP contribution in [0.1, 0.15) is 0 Å². The van der Waals surface area contributed by atoms with Crippen molar-refractivity contribution in [1.29, 1.82) is 0 Å². The Morgan fingerprint density at radius 3 is 1.41 bits per heavy atom. The number of nitrogens with zero attached hydrogens (tertiary/aromatic N) is 2. The molecule has 0 atom stereocenters. The molecule has 182 valence electrons. The van der Waals surface area contributed by atoms with Crippen LogP contribution in [-0.4, -0.2) is 9.36 Å². The van der Waals surface area contributed by atoms with E-state index in [1.807, 2.05) is 0 Å². The third kappa shape index (κ3) is 3.48. The van der Waals surface area contributed by atoms with E-state index < -0.39 is 0 Å². The van der Waals surface area contributed by atoms with Gasteiger partial charge in [0.2, 0.25) is 0 Å². The van der Waals surface area contributed by atoms with E-state index in [9.17, 15) is 0 Å². The molecule has 0 radical (unpaired) electrons. The van der Waals surface area contributed by atoms with Gasteiger partial charge in [-0.1, -0.05) is 133 Å². The molecule has 0 spiro atoms. The van der Waals surface area contributed by atoms with E-state index in [0.717, 1.165) is 22.0 Å². The smallest absolute Gasteiger partial charge is 0.174 e. The fourth-order valence-electron chi connectivity index (χ4n) is 5.95. The van der Waals surface area contributed by atoms with E-state index in [0.29, 0.717) is 0 Å². The van der Waals surface area contributed by atoms with E-state index in [1.165, 1.54) is 65.7 Å². The summed E-state index contributed by atoms with van der Waals surface area (Å²) in [6.45, 7) is 0. The molecule has 1 aromatic heterocycles. The molecule has 3 heteroatoms. The Labute approximate surface area is 230 Å². The largest absolute Gasteiger partial charge is 0.214 e. The molecular weight excluding hydrogens is 492 g/mol. The molecular formula is C36H22N2S. The third-order valence-electron chi connectivity index (χ3n) is 7.66. The minimum atomic E-state index is 0.776. The highest BCUT2D eigenvalue weighted by molar-refractivity contribution is 7.09. The van der Waals surface area contributed by atoms with E-state index >= 15 is 0 Å². The first-order valence-electron chi connectivity index (χ1n) is 13.1. The summed E-state index contributed by atoms with van der Waals surface area (Å²) in [5.74, 6) is 0.776. The van der Waals surface area contributed by atoms with E-state index in [1.54, 1.807) is 0 Å². The van der Waals surface area contributed by atoms with Crippen molar-refractivity contribution >= 4 is 54.6 Å². The molecule has 0 fully saturated rings. The van der Waals surface area contributed by atoms with Crippen LogP contribution in [0, 0.1) is 0 Å². The van der Waals surface area contributed by atoms with Gasteiger partial charge in [-0.15, -0.1) is 0 Å². The van der Waals surface area contributed by atoms with Crippen LogP contribution in [0.25, 0.3) is 76.2 Å². The van der Waals surface area contributed by atoms with Crippen LogP contribution in [0.3, 0.4) is 0 Å². The van der Waals surface area contributed by atoms with Gasteiger partial charge in [0.25, 0.3) is 0 Å². The quantitative estimate of drug-likeness (QED) is 0.219. The molecule has 0 aliphatic carbocycles. The average Bonchev–Trinajstić information content (AvgIpc) is 3.49. The molecule has 0 unspecified atom stereocenters. The lowest BCUT2D eigenvalue weighted by Gasteiger charge is -2.17. The Morgan fingerprint density at radius 2 is 0.821 bits per heavy atom. The first-order valence-corrected chi connectivity index (χ1v) is 13.9. The van der Waals surface area contributed by atoms with Crippen LogP contribution in [0.5, 0.6) is 0 Å². The first-order chi connectivity index (χ1) is 19.4. The fourth-order valence-corrected chi connectivity index (χ4v) is 6.70. The Balaban J connectivity index is 1.43. The second kappa shape index (κ2) is 8.87. The Kier molecular flexibility index (Phi) is 5.04. The monoisotopic (exact) mass is 514 g/mol. The van der Waals surface area contributed by atoms with Crippen LogP contribution in [-0.2, 0) is 0 Å². The Bertz CT molecular complexity index is 2120. The number of benzene rings is 7. The number of hydrogen-bond donors (Lipinski definition) is 0. The van der Waals surface area contributed by atoms with E-state index in [4.69, 9.17) is 9.36 Å². The maximum Gasteiger partial charge on any atom is 0.174 e. The van der Waals surface area contributed by atoms with Crippen LogP contribution in [0.15, 0.2) is 133 Å². The van der Waals surface area contributed by atoms with Gasteiger partial charge in [0.05, 0.1) is 0 Å². The highest BCUT2D eigenvalue weighted by Crippen LogP contribution is 2.45. The molecule has 0 aliphatic heterocycles.